The molecule has 18 heavy (non-hydrogen) atoms. The number of pyridine rings is 1. The van der Waals surface area contributed by atoms with Gasteiger partial charge in [-0.25, -0.2) is 9.97 Å². The summed E-state index contributed by atoms with van der Waals surface area (Å²) in [6.45, 7) is 2.00. The van der Waals surface area contributed by atoms with Crippen molar-refractivity contribution in [2.24, 2.45) is 7.05 Å². The van der Waals surface area contributed by atoms with E-state index in [1.165, 1.54) is 0 Å². The molecule has 0 unspecified atom stereocenters. The molecule has 0 atom stereocenters. The second-order valence-corrected chi connectivity index (χ2v) is 4.41. The molecule has 0 bridgehead atoms. The van der Waals surface area contributed by atoms with Crippen molar-refractivity contribution in [1.82, 2.24) is 14.5 Å². The van der Waals surface area contributed by atoms with Crippen LogP contribution >= 0.6 is 0 Å². The monoisotopic (exact) mass is 238 g/mol. The zero-order valence-electron chi connectivity index (χ0n) is 10.4. The lowest BCUT2D eigenvalue weighted by Crippen LogP contribution is -1.95. The molecule has 0 amide bonds. The number of nitrogens with zero attached hydrogens (tertiary/aromatic N) is 3. The number of imidazole rings is 1. The summed E-state index contributed by atoms with van der Waals surface area (Å²) in [5.41, 5.74) is 10.6. The van der Waals surface area contributed by atoms with Crippen LogP contribution in [0.25, 0.3) is 22.6 Å². The Kier molecular flexibility index (Phi) is 2.30. The maximum atomic E-state index is 5.84. The van der Waals surface area contributed by atoms with Crippen LogP contribution in [0.1, 0.15) is 5.56 Å². The second kappa shape index (κ2) is 3.84. The van der Waals surface area contributed by atoms with Crippen molar-refractivity contribution in [3.05, 3.63) is 42.1 Å². The van der Waals surface area contributed by atoms with E-state index in [2.05, 4.69) is 16.0 Å². The van der Waals surface area contributed by atoms with Gasteiger partial charge in [-0.3, -0.25) is 0 Å². The smallest absolute Gasteiger partial charge is 0.159 e. The Labute approximate surface area is 105 Å². The summed E-state index contributed by atoms with van der Waals surface area (Å²) in [5, 5.41) is 0. The fourth-order valence-corrected chi connectivity index (χ4v) is 2.10. The van der Waals surface area contributed by atoms with Crippen molar-refractivity contribution in [1.29, 1.82) is 0 Å². The van der Waals surface area contributed by atoms with E-state index < -0.39 is 0 Å². The summed E-state index contributed by atoms with van der Waals surface area (Å²) < 4.78 is 2.00. The maximum Gasteiger partial charge on any atom is 0.159 e. The normalized spacial score (nSPS) is 11.0. The summed E-state index contributed by atoms with van der Waals surface area (Å²) in [5.74, 6) is 0.909. The number of fused-ring (bicyclic) bond motifs is 1. The van der Waals surface area contributed by atoms with E-state index in [-0.39, 0.29) is 0 Å². The van der Waals surface area contributed by atoms with E-state index in [4.69, 9.17) is 5.73 Å². The number of hydrogen-bond donors (Lipinski definition) is 1. The van der Waals surface area contributed by atoms with Gasteiger partial charge in [-0.2, -0.15) is 0 Å². The topological polar surface area (TPSA) is 56.7 Å². The SMILES string of the molecule is Cc1cc(-c2nc3cccnc3n2C)ccc1N. The fraction of sp³-hybridized carbons (Fsp3) is 0.143. The standard InChI is InChI=1S/C14H14N4/c1-9-8-10(5-6-11(9)15)13-17-12-4-3-7-16-14(12)18(13)2/h3-8H,15H2,1-2H3. The van der Waals surface area contributed by atoms with Crippen LogP contribution in [0.15, 0.2) is 36.5 Å². The molecule has 2 N–H and O–H groups in total. The number of nitrogen functional groups attached to an aromatic ring is 1. The minimum atomic E-state index is 0.802. The number of aryl methyl sites for hydroxylation is 2. The first kappa shape index (κ1) is 10.8. The summed E-state index contributed by atoms with van der Waals surface area (Å²) in [6.07, 6.45) is 1.78. The van der Waals surface area contributed by atoms with E-state index in [9.17, 15) is 0 Å². The van der Waals surface area contributed by atoms with E-state index >= 15 is 0 Å². The van der Waals surface area contributed by atoms with Crippen LogP contribution in [0, 0.1) is 6.92 Å². The molecule has 3 rings (SSSR count). The van der Waals surface area contributed by atoms with E-state index in [0.29, 0.717) is 0 Å². The highest BCUT2D eigenvalue weighted by Gasteiger charge is 2.10. The Morgan fingerprint density at radius 2 is 2.06 bits per heavy atom. The molecule has 0 aliphatic heterocycles. The molecule has 1 aromatic carbocycles. The van der Waals surface area contributed by atoms with Crippen molar-refractivity contribution >= 4 is 16.9 Å². The van der Waals surface area contributed by atoms with Gasteiger partial charge in [0.05, 0.1) is 0 Å². The third kappa shape index (κ3) is 1.54. The summed E-state index contributed by atoms with van der Waals surface area (Å²) in [4.78, 5) is 8.96. The van der Waals surface area contributed by atoms with Crippen LogP contribution in [-0.2, 0) is 7.05 Å². The van der Waals surface area contributed by atoms with Crippen molar-refractivity contribution in [2.75, 3.05) is 5.73 Å². The van der Waals surface area contributed by atoms with Gasteiger partial charge in [-0.05, 0) is 42.8 Å². The van der Waals surface area contributed by atoms with Crippen molar-refractivity contribution in [3.8, 4) is 11.4 Å². The molecule has 0 saturated heterocycles. The average Bonchev–Trinajstić information content (AvgIpc) is 2.71. The van der Waals surface area contributed by atoms with Crippen LogP contribution in [-0.4, -0.2) is 14.5 Å². The number of benzene rings is 1. The van der Waals surface area contributed by atoms with Crippen molar-refractivity contribution in [3.63, 3.8) is 0 Å². The molecule has 0 aliphatic carbocycles. The molecule has 90 valence electrons. The van der Waals surface area contributed by atoms with Crippen LogP contribution in [0.5, 0.6) is 0 Å². The zero-order chi connectivity index (χ0) is 12.7. The molecular weight excluding hydrogens is 224 g/mol. The number of anilines is 1. The maximum absolute atomic E-state index is 5.84. The Hall–Kier alpha value is -2.36. The minimum absolute atomic E-state index is 0.802. The third-order valence-electron chi connectivity index (χ3n) is 3.16. The van der Waals surface area contributed by atoms with E-state index in [1.54, 1.807) is 6.20 Å². The molecule has 0 spiro atoms. The van der Waals surface area contributed by atoms with Gasteiger partial charge >= 0.3 is 0 Å². The number of rotatable bonds is 1. The minimum Gasteiger partial charge on any atom is -0.399 e. The van der Waals surface area contributed by atoms with Crippen LogP contribution in [0.2, 0.25) is 0 Å². The molecule has 0 saturated carbocycles. The lowest BCUT2D eigenvalue weighted by atomic mass is 10.1. The predicted octanol–water partition coefficient (Wildman–Crippen LogP) is 2.53. The van der Waals surface area contributed by atoms with Crippen molar-refractivity contribution < 1.29 is 0 Å². The molecule has 4 heteroatoms. The van der Waals surface area contributed by atoms with Gasteiger partial charge in [0.2, 0.25) is 0 Å². The predicted molar refractivity (Wildman–Crippen MR) is 73.1 cm³/mol. The Bertz CT molecular complexity index is 728. The third-order valence-corrected chi connectivity index (χ3v) is 3.16. The molecule has 0 radical (unpaired) electrons. The van der Waals surface area contributed by atoms with Crippen LogP contribution in [0.4, 0.5) is 5.69 Å². The summed E-state index contributed by atoms with van der Waals surface area (Å²) in [7, 11) is 1.98. The van der Waals surface area contributed by atoms with Crippen LogP contribution in [0.3, 0.4) is 0 Å². The molecular formula is C14H14N4. The lowest BCUT2D eigenvalue weighted by molar-refractivity contribution is 0.942. The van der Waals surface area contributed by atoms with Gasteiger partial charge in [0.1, 0.15) is 11.3 Å². The van der Waals surface area contributed by atoms with Gasteiger partial charge in [0.25, 0.3) is 0 Å². The highest BCUT2D eigenvalue weighted by Crippen LogP contribution is 2.24. The highest BCUT2D eigenvalue weighted by atomic mass is 15.1. The quantitative estimate of drug-likeness (QED) is 0.663. The molecule has 0 fully saturated rings. The van der Waals surface area contributed by atoms with Gasteiger partial charge < -0.3 is 10.3 Å². The first-order valence-electron chi connectivity index (χ1n) is 5.81. The number of aromatic nitrogens is 3. The first-order chi connectivity index (χ1) is 8.66. The largest absolute Gasteiger partial charge is 0.399 e. The van der Waals surface area contributed by atoms with E-state index in [0.717, 1.165) is 33.8 Å². The first-order valence-corrected chi connectivity index (χ1v) is 5.81. The van der Waals surface area contributed by atoms with Gasteiger partial charge in [-0.1, -0.05) is 0 Å². The zero-order valence-corrected chi connectivity index (χ0v) is 10.4. The molecule has 2 heterocycles. The Morgan fingerprint density at radius 1 is 1.22 bits per heavy atom. The van der Waals surface area contributed by atoms with Gasteiger partial charge in [0.15, 0.2) is 5.65 Å². The fourth-order valence-electron chi connectivity index (χ4n) is 2.10. The molecule has 0 aliphatic rings. The Morgan fingerprint density at radius 3 is 2.78 bits per heavy atom. The summed E-state index contributed by atoms with van der Waals surface area (Å²) in [6, 6.07) is 9.82. The summed E-state index contributed by atoms with van der Waals surface area (Å²) >= 11 is 0. The average molecular weight is 238 g/mol. The van der Waals surface area contributed by atoms with E-state index in [1.807, 2.05) is 42.8 Å². The van der Waals surface area contributed by atoms with Gasteiger partial charge in [-0.15, -0.1) is 0 Å². The lowest BCUT2D eigenvalue weighted by Gasteiger charge is -2.05. The number of hydrogen-bond acceptors (Lipinski definition) is 3. The van der Waals surface area contributed by atoms with Gasteiger partial charge in [0, 0.05) is 24.5 Å². The molecule has 3 aromatic rings. The molecule has 2 aromatic heterocycles. The second-order valence-electron chi connectivity index (χ2n) is 4.41. The molecule has 4 nitrogen and oxygen atoms in total. The number of nitrogens with two attached hydrogens (primary N) is 1. The van der Waals surface area contributed by atoms with Crippen molar-refractivity contribution in [2.45, 2.75) is 6.92 Å². The Balaban J connectivity index is 2.25. The van der Waals surface area contributed by atoms with Crippen LogP contribution < -0.4 is 5.73 Å². The highest BCUT2D eigenvalue weighted by molar-refractivity contribution is 5.77.